The molecule has 3 rings (SSSR count). The van der Waals surface area contributed by atoms with E-state index in [1.54, 1.807) is 55.6 Å². The van der Waals surface area contributed by atoms with Gasteiger partial charge in [-0.2, -0.15) is 0 Å². The second kappa shape index (κ2) is 15.4. The first-order chi connectivity index (χ1) is 20.5. The van der Waals surface area contributed by atoms with Gasteiger partial charge in [-0.25, -0.2) is 8.42 Å². The Balaban J connectivity index is 2.04. The first-order valence-corrected chi connectivity index (χ1v) is 16.0. The highest BCUT2D eigenvalue weighted by Gasteiger charge is 2.33. The molecule has 9 nitrogen and oxygen atoms in total. The van der Waals surface area contributed by atoms with Gasteiger partial charge >= 0.3 is 0 Å². The predicted octanol–water partition coefficient (Wildman–Crippen LogP) is 5.18. The maximum Gasteiger partial charge on any atom is 0.264 e. The lowest BCUT2D eigenvalue weighted by Gasteiger charge is -2.33. The van der Waals surface area contributed by atoms with Crippen LogP contribution in [0.3, 0.4) is 0 Å². The number of benzene rings is 3. The number of amides is 2. The average molecular weight is 610 g/mol. The molecule has 0 heterocycles. The van der Waals surface area contributed by atoms with Gasteiger partial charge in [0.2, 0.25) is 11.8 Å². The van der Waals surface area contributed by atoms with E-state index in [4.69, 9.17) is 9.47 Å². The smallest absolute Gasteiger partial charge is 0.264 e. The molecule has 3 aromatic rings. The lowest BCUT2D eigenvalue weighted by Crippen LogP contribution is -2.52. The quantitative estimate of drug-likeness (QED) is 0.255. The van der Waals surface area contributed by atoms with Gasteiger partial charge < -0.3 is 19.7 Å². The number of rotatable bonds is 15. The summed E-state index contributed by atoms with van der Waals surface area (Å²) in [6.45, 7) is 10.1. The third-order valence-electron chi connectivity index (χ3n) is 6.91. The molecule has 0 bridgehead atoms. The van der Waals surface area contributed by atoms with Gasteiger partial charge in [0.1, 0.15) is 24.1 Å². The summed E-state index contributed by atoms with van der Waals surface area (Å²) in [5.74, 6) is 0.675. The van der Waals surface area contributed by atoms with E-state index < -0.39 is 28.5 Å². The Morgan fingerprint density at radius 2 is 1.49 bits per heavy atom. The minimum atomic E-state index is -4.15. The number of aryl methyl sites for hydroxylation is 1. The molecule has 0 aliphatic heterocycles. The summed E-state index contributed by atoms with van der Waals surface area (Å²) in [7, 11) is -2.58. The van der Waals surface area contributed by atoms with Gasteiger partial charge in [0.25, 0.3) is 10.0 Å². The van der Waals surface area contributed by atoms with Crippen LogP contribution in [0.1, 0.15) is 45.2 Å². The van der Waals surface area contributed by atoms with E-state index in [-0.39, 0.29) is 23.3 Å². The van der Waals surface area contributed by atoms with Gasteiger partial charge in [0.05, 0.1) is 24.3 Å². The Labute approximate surface area is 255 Å². The molecule has 43 heavy (non-hydrogen) atoms. The Kier molecular flexibility index (Phi) is 12.0. The molecule has 0 aliphatic carbocycles. The zero-order valence-corrected chi connectivity index (χ0v) is 26.7. The summed E-state index contributed by atoms with van der Waals surface area (Å²) in [6.07, 6.45) is 0.347. The lowest BCUT2D eigenvalue weighted by molar-refractivity contribution is -0.140. The van der Waals surface area contributed by atoms with Crippen LogP contribution < -0.4 is 19.1 Å². The SMILES string of the molecule is CCOc1ccc(N(CC(=O)N(Cc2ccc(OC)cc2)[C@@H](CC)C(=O)NCC(C)C)S(=O)(=O)c2ccc(C)cc2)cc1. The molecule has 3 aromatic carbocycles. The number of hydrogen-bond acceptors (Lipinski definition) is 6. The fraction of sp³-hybridized carbons (Fsp3) is 0.394. The van der Waals surface area contributed by atoms with E-state index in [1.165, 1.54) is 17.0 Å². The molecule has 0 saturated carbocycles. The minimum Gasteiger partial charge on any atom is -0.497 e. The number of anilines is 1. The number of nitrogens with one attached hydrogen (secondary N) is 1. The summed E-state index contributed by atoms with van der Waals surface area (Å²) in [5, 5.41) is 2.94. The van der Waals surface area contributed by atoms with Crippen LogP contribution in [0.15, 0.2) is 77.7 Å². The number of carbonyl (C=O) groups is 2. The zero-order valence-electron chi connectivity index (χ0n) is 25.9. The van der Waals surface area contributed by atoms with Crippen LogP contribution >= 0.6 is 0 Å². The van der Waals surface area contributed by atoms with Gasteiger partial charge in [0, 0.05) is 13.1 Å². The van der Waals surface area contributed by atoms with Crippen molar-refractivity contribution in [2.75, 3.05) is 31.1 Å². The van der Waals surface area contributed by atoms with Gasteiger partial charge in [0.15, 0.2) is 0 Å². The molecular weight excluding hydrogens is 566 g/mol. The Hall–Kier alpha value is -4.05. The molecule has 0 fully saturated rings. The monoisotopic (exact) mass is 609 g/mol. The van der Waals surface area contributed by atoms with E-state index in [0.29, 0.717) is 36.8 Å². The van der Waals surface area contributed by atoms with Crippen molar-refractivity contribution in [3.63, 3.8) is 0 Å². The van der Waals surface area contributed by atoms with E-state index in [0.717, 1.165) is 15.4 Å². The Bertz CT molecular complexity index is 1440. The molecule has 10 heteroatoms. The van der Waals surface area contributed by atoms with Gasteiger partial charge in [-0.1, -0.05) is 50.6 Å². The number of ether oxygens (including phenoxy) is 2. The predicted molar refractivity (Wildman–Crippen MR) is 169 cm³/mol. The number of carbonyl (C=O) groups excluding carboxylic acids is 2. The number of methoxy groups -OCH3 is 1. The Morgan fingerprint density at radius 1 is 0.884 bits per heavy atom. The van der Waals surface area contributed by atoms with Crippen LogP contribution in [0.5, 0.6) is 11.5 Å². The highest BCUT2D eigenvalue weighted by Crippen LogP contribution is 2.27. The van der Waals surface area contributed by atoms with Crippen molar-refractivity contribution >= 4 is 27.5 Å². The molecule has 0 aromatic heterocycles. The lowest BCUT2D eigenvalue weighted by atomic mass is 10.1. The number of hydrogen-bond donors (Lipinski definition) is 1. The highest BCUT2D eigenvalue weighted by molar-refractivity contribution is 7.92. The molecule has 1 atom stereocenters. The van der Waals surface area contributed by atoms with Crippen molar-refractivity contribution in [1.29, 1.82) is 0 Å². The fourth-order valence-corrected chi connectivity index (χ4v) is 5.93. The maximum atomic E-state index is 14.2. The minimum absolute atomic E-state index is 0.0585. The molecule has 0 aliphatic rings. The van der Waals surface area contributed by atoms with Crippen molar-refractivity contribution in [2.24, 2.45) is 5.92 Å². The summed E-state index contributed by atoms with van der Waals surface area (Å²) in [4.78, 5) is 29.1. The third kappa shape index (κ3) is 8.97. The van der Waals surface area contributed by atoms with Crippen LogP contribution in [-0.2, 0) is 26.2 Å². The van der Waals surface area contributed by atoms with Crippen LogP contribution in [0.2, 0.25) is 0 Å². The zero-order chi connectivity index (χ0) is 31.6. The number of nitrogens with zero attached hydrogens (tertiary/aromatic N) is 2. The first kappa shape index (κ1) is 33.5. The normalized spacial score (nSPS) is 12.0. The van der Waals surface area contributed by atoms with Crippen LogP contribution in [0.4, 0.5) is 5.69 Å². The van der Waals surface area contributed by atoms with E-state index in [2.05, 4.69) is 5.32 Å². The van der Waals surface area contributed by atoms with Crippen molar-refractivity contribution in [2.45, 2.75) is 58.5 Å². The van der Waals surface area contributed by atoms with Gasteiger partial charge in [-0.3, -0.25) is 13.9 Å². The summed E-state index contributed by atoms with van der Waals surface area (Å²) < 4.78 is 39.9. The second-order valence-corrected chi connectivity index (χ2v) is 12.5. The van der Waals surface area contributed by atoms with E-state index >= 15 is 0 Å². The molecular formula is C33H43N3O6S. The van der Waals surface area contributed by atoms with Crippen LogP contribution in [-0.4, -0.2) is 58.0 Å². The molecule has 2 amide bonds. The van der Waals surface area contributed by atoms with Crippen LogP contribution in [0.25, 0.3) is 0 Å². The Morgan fingerprint density at radius 3 is 2.02 bits per heavy atom. The van der Waals surface area contributed by atoms with Crippen molar-refractivity contribution in [3.8, 4) is 11.5 Å². The molecule has 0 radical (unpaired) electrons. The summed E-state index contributed by atoms with van der Waals surface area (Å²) in [6, 6.07) is 19.5. The highest BCUT2D eigenvalue weighted by atomic mass is 32.2. The maximum absolute atomic E-state index is 14.2. The summed E-state index contributed by atoms with van der Waals surface area (Å²) >= 11 is 0. The summed E-state index contributed by atoms with van der Waals surface area (Å²) in [5.41, 5.74) is 1.99. The average Bonchev–Trinajstić information content (AvgIpc) is 2.99. The molecule has 0 unspecified atom stereocenters. The fourth-order valence-electron chi connectivity index (χ4n) is 4.51. The van der Waals surface area contributed by atoms with E-state index in [1.807, 2.05) is 46.8 Å². The third-order valence-corrected chi connectivity index (χ3v) is 8.69. The second-order valence-electron chi connectivity index (χ2n) is 10.7. The largest absolute Gasteiger partial charge is 0.497 e. The molecule has 232 valence electrons. The van der Waals surface area contributed by atoms with Gasteiger partial charge in [-0.05, 0) is 80.3 Å². The topological polar surface area (TPSA) is 105 Å². The number of sulfonamides is 1. The molecule has 1 N–H and O–H groups in total. The molecule has 0 saturated heterocycles. The van der Waals surface area contributed by atoms with E-state index in [9.17, 15) is 18.0 Å². The van der Waals surface area contributed by atoms with Crippen molar-refractivity contribution in [3.05, 3.63) is 83.9 Å². The van der Waals surface area contributed by atoms with Crippen molar-refractivity contribution in [1.82, 2.24) is 10.2 Å². The molecule has 0 spiro atoms. The van der Waals surface area contributed by atoms with Crippen LogP contribution in [0, 0.1) is 12.8 Å². The van der Waals surface area contributed by atoms with Crippen molar-refractivity contribution < 1.29 is 27.5 Å². The standard InChI is InChI=1S/C33H43N3O6S/c1-7-31(33(38)34-21-24(3)4)35(22-26-11-15-28(41-6)16-12-26)32(37)23-36(27-13-17-29(18-14-27)42-8-2)43(39,40)30-19-9-25(5)10-20-30/h9-20,24,31H,7-8,21-23H2,1-6H3,(H,34,38)/t31-/m0/s1. The first-order valence-electron chi connectivity index (χ1n) is 14.5. The van der Waals surface area contributed by atoms with Gasteiger partial charge in [-0.15, -0.1) is 0 Å².